The van der Waals surface area contributed by atoms with E-state index in [1.807, 2.05) is 14.0 Å². The lowest BCUT2D eigenvalue weighted by atomic mass is 10.3. The third kappa shape index (κ3) is 1.54. The van der Waals surface area contributed by atoms with Crippen molar-refractivity contribution in [1.82, 2.24) is 4.57 Å². The monoisotopic (exact) mass is 192 g/mol. The van der Waals surface area contributed by atoms with E-state index in [-0.39, 0.29) is 5.56 Å². The van der Waals surface area contributed by atoms with Gasteiger partial charge in [0.05, 0.1) is 0 Å². The molecule has 0 atom stereocenters. The highest BCUT2D eigenvalue weighted by atomic mass is 16.1. The van der Waals surface area contributed by atoms with Gasteiger partial charge in [0.1, 0.15) is 5.82 Å². The largest absolute Gasteiger partial charge is 0.358 e. The zero-order valence-corrected chi connectivity index (χ0v) is 8.79. The van der Waals surface area contributed by atoms with Gasteiger partial charge in [0, 0.05) is 26.2 Å². The van der Waals surface area contributed by atoms with Crippen molar-refractivity contribution in [2.75, 3.05) is 18.0 Å². The minimum absolute atomic E-state index is 0.0897. The molecule has 1 aromatic rings. The molecular formula is C11H16N2O. The molecule has 1 aromatic heterocycles. The molecule has 0 aromatic carbocycles. The Morgan fingerprint density at radius 1 is 1.21 bits per heavy atom. The first kappa shape index (κ1) is 9.31. The molecule has 0 radical (unpaired) electrons. The SMILES string of the molecule is Cc1cc(N2CCCC2)n(C)c(=O)c1. The normalized spacial score (nSPS) is 16.3. The van der Waals surface area contributed by atoms with Gasteiger partial charge in [-0.2, -0.15) is 0 Å². The highest BCUT2D eigenvalue weighted by Gasteiger charge is 2.15. The van der Waals surface area contributed by atoms with Crippen molar-refractivity contribution in [2.45, 2.75) is 19.8 Å². The zero-order chi connectivity index (χ0) is 10.1. The van der Waals surface area contributed by atoms with Gasteiger partial charge in [0.25, 0.3) is 5.56 Å². The smallest absolute Gasteiger partial charge is 0.252 e. The van der Waals surface area contributed by atoms with Crippen molar-refractivity contribution < 1.29 is 0 Å². The fourth-order valence-electron chi connectivity index (χ4n) is 2.00. The molecule has 0 amide bonds. The minimum Gasteiger partial charge on any atom is -0.358 e. The summed E-state index contributed by atoms with van der Waals surface area (Å²) >= 11 is 0. The van der Waals surface area contributed by atoms with Crippen molar-refractivity contribution in [3.05, 3.63) is 28.0 Å². The zero-order valence-electron chi connectivity index (χ0n) is 8.79. The molecule has 14 heavy (non-hydrogen) atoms. The minimum atomic E-state index is 0.0897. The van der Waals surface area contributed by atoms with Gasteiger partial charge in [-0.25, -0.2) is 0 Å². The summed E-state index contributed by atoms with van der Waals surface area (Å²) in [5.74, 6) is 1.06. The van der Waals surface area contributed by atoms with Crippen molar-refractivity contribution >= 4 is 5.82 Å². The van der Waals surface area contributed by atoms with Crippen LogP contribution >= 0.6 is 0 Å². The summed E-state index contributed by atoms with van der Waals surface area (Å²) in [6, 6.07) is 3.77. The Labute approximate surface area is 84.0 Å². The molecule has 0 unspecified atom stereocenters. The van der Waals surface area contributed by atoms with Crippen LogP contribution in [0.5, 0.6) is 0 Å². The van der Waals surface area contributed by atoms with Crippen LogP contribution in [0.4, 0.5) is 5.82 Å². The molecule has 1 aliphatic heterocycles. The number of anilines is 1. The number of pyridine rings is 1. The molecule has 0 saturated carbocycles. The Balaban J connectivity index is 2.45. The summed E-state index contributed by atoms with van der Waals surface area (Å²) in [6.07, 6.45) is 2.48. The number of aromatic nitrogens is 1. The Kier molecular flexibility index (Phi) is 2.32. The molecule has 1 fully saturated rings. The van der Waals surface area contributed by atoms with Crippen molar-refractivity contribution in [1.29, 1.82) is 0 Å². The first-order valence-corrected chi connectivity index (χ1v) is 5.11. The predicted octanol–water partition coefficient (Wildman–Crippen LogP) is 1.29. The predicted molar refractivity (Wildman–Crippen MR) is 57.9 cm³/mol. The van der Waals surface area contributed by atoms with Crippen molar-refractivity contribution in [2.24, 2.45) is 7.05 Å². The Hall–Kier alpha value is -1.25. The highest BCUT2D eigenvalue weighted by molar-refractivity contribution is 5.42. The molecular weight excluding hydrogens is 176 g/mol. The van der Waals surface area contributed by atoms with Gasteiger partial charge in [0.2, 0.25) is 0 Å². The molecule has 0 spiro atoms. The Bertz CT molecular complexity index is 389. The van der Waals surface area contributed by atoms with E-state index in [2.05, 4.69) is 11.0 Å². The number of hydrogen-bond acceptors (Lipinski definition) is 2. The van der Waals surface area contributed by atoms with E-state index >= 15 is 0 Å². The summed E-state index contributed by atoms with van der Waals surface area (Å²) in [5.41, 5.74) is 1.14. The fraction of sp³-hybridized carbons (Fsp3) is 0.545. The van der Waals surface area contributed by atoms with Crippen LogP contribution in [0.2, 0.25) is 0 Å². The van der Waals surface area contributed by atoms with Gasteiger partial charge >= 0.3 is 0 Å². The van der Waals surface area contributed by atoms with Crippen molar-refractivity contribution in [3.8, 4) is 0 Å². The van der Waals surface area contributed by atoms with E-state index in [9.17, 15) is 4.79 Å². The van der Waals surface area contributed by atoms with Gasteiger partial charge in [-0.1, -0.05) is 0 Å². The molecule has 2 rings (SSSR count). The summed E-state index contributed by atoms with van der Waals surface area (Å²) < 4.78 is 1.73. The topological polar surface area (TPSA) is 25.2 Å². The van der Waals surface area contributed by atoms with Crippen LogP contribution in [0.15, 0.2) is 16.9 Å². The van der Waals surface area contributed by atoms with Gasteiger partial charge in [-0.05, 0) is 31.4 Å². The molecule has 76 valence electrons. The van der Waals surface area contributed by atoms with Gasteiger partial charge in [0.15, 0.2) is 0 Å². The fourth-order valence-corrected chi connectivity index (χ4v) is 2.00. The van der Waals surface area contributed by atoms with Gasteiger partial charge in [-0.15, -0.1) is 0 Å². The second kappa shape index (κ2) is 3.48. The molecule has 0 bridgehead atoms. The second-order valence-corrected chi connectivity index (χ2v) is 3.98. The third-order valence-corrected chi connectivity index (χ3v) is 2.81. The average Bonchev–Trinajstić information content (AvgIpc) is 2.63. The van der Waals surface area contributed by atoms with Crippen LogP contribution in [0, 0.1) is 6.92 Å². The van der Waals surface area contributed by atoms with E-state index in [0.717, 1.165) is 24.5 Å². The molecule has 3 nitrogen and oxygen atoms in total. The van der Waals surface area contributed by atoms with Crippen LogP contribution in [0.1, 0.15) is 18.4 Å². The number of aryl methyl sites for hydroxylation is 1. The summed E-state index contributed by atoms with van der Waals surface area (Å²) in [7, 11) is 1.84. The van der Waals surface area contributed by atoms with Crippen LogP contribution in [0.25, 0.3) is 0 Å². The lowest BCUT2D eigenvalue weighted by Crippen LogP contribution is -2.27. The Morgan fingerprint density at radius 3 is 2.50 bits per heavy atom. The molecule has 1 saturated heterocycles. The van der Waals surface area contributed by atoms with Crippen LogP contribution in [-0.4, -0.2) is 17.7 Å². The van der Waals surface area contributed by atoms with E-state index < -0.39 is 0 Å². The van der Waals surface area contributed by atoms with E-state index in [4.69, 9.17) is 0 Å². The molecule has 2 heterocycles. The molecule has 1 aliphatic rings. The third-order valence-electron chi connectivity index (χ3n) is 2.81. The van der Waals surface area contributed by atoms with Crippen molar-refractivity contribution in [3.63, 3.8) is 0 Å². The maximum absolute atomic E-state index is 11.6. The van der Waals surface area contributed by atoms with Gasteiger partial charge < -0.3 is 4.90 Å². The number of rotatable bonds is 1. The van der Waals surface area contributed by atoms with Gasteiger partial charge in [-0.3, -0.25) is 9.36 Å². The standard InChI is InChI=1S/C11H16N2O/c1-9-7-10(12(2)11(14)8-9)13-5-3-4-6-13/h7-8H,3-6H2,1-2H3. The van der Waals surface area contributed by atoms with Crippen LogP contribution in [0.3, 0.4) is 0 Å². The van der Waals surface area contributed by atoms with Crippen LogP contribution in [-0.2, 0) is 7.05 Å². The second-order valence-electron chi connectivity index (χ2n) is 3.98. The van der Waals surface area contributed by atoms with E-state index in [0.29, 0.717) is 0 Å². The summed E-state index contributed by atoms with van der Waals surface area (Å²) in [6.45, 7) is 4.13. The molecule has 0 N–H and O–H groups in total. The summed E-state index contributed by atoms with van der Waals surface area (Å²) in [5, 5.41) is 0. The Morgan fingerprint density at radius 2 is 1.86 bits per heavy atom. The first-order chi connectivity index (χ1) is 6.68. The first-order valence-electron chi connectivity index (χ1n) is 5.11. The number of hydrogen-bond donors (Lipinski definition) is 0. The lowest BCUT2D eigenvalue weighted by molar-refractivity contribution is 0.797. The summed E-state index contributed by atoms with van der Waals surface area (Å²) in [4.78, 5) is 13.8. The van der Waals surface area contributed by atoms with E-state index in [1.54, 1.807) is 10.6 Å². The van der Waals surface area contributed by atoms with Crippen LogP contribution < -0.4 is 10.5 Å². The quantitative estimate of drug-likeness (QED) is 0.670. The molecule has 0 aliphatic carbocycles. The maximum atomic E-state index is 11.6. The maximum Gasteiger partial charge on any atom is 0.252 e. The lowest BCUT2D eigenvalue weighted by Gasteiger charge is -2.20. The average molecular weight is 192 g/mol. The van der Waals surface area contributed by atoms with E-state index in [1.165, 1.54) is 12.8 Å². The highest BCUT2D eigenvalue weighted by Crippen LogP contribution is 2.18. The number of nitrogens with zero attached hydrogens (tertiary/aromatic N) is 2. The molecule has 3 heteroatoms.